The van der Waals surface area contributed by atoms with Crippen LogP contribution in [0.2, 0.25) is 0 Å². The lowest BCUT2D eigenvalue weighted by Gasteiger charge is -2.26. The normalized spacial score (nSPS) is 16.7. The van der Waals surface area contributed by atoms with Crippen molar-refractivity contribution in [3.63, 3.8) is 0 Å². The number of urea groups is 1. The summed E-state index contributed by atoms with van der Waals surface area (Å²) in [5, 5.41) is 2.25. The zero-order valence-corrected chi connectivity index (χ0v) is 18.7. The van der Waals surface area contributed by atoms with E-state index in [0.717, 1.165) is 0 Å². The van der Waals surface area contributed by atoms with Crippen molar-refractivity contribution in [2.75, 3.05) is 31.2 Å². The molecule has 1 unspecified atom stereocenters. The molecular weight excluding hydrogens is 430 g/mol. The number of carbonyl (C=O) groups is 2. The highest BCUT2D eigenvalue weighted by atomic mass is 32.2. The standard InChI is InChI=1S/C21H30F2N2O5S/c1-15(17-6-7-18(23)19(12-17)30-13-16(2)22)14-31(28,29)11-5-3-4-9-25-10-8-20(26)24-21(25)27/h6-7,12,15-16H,3-5,8-11,13-14H2,1-2H3,(H,24,26,27)/t15-,16?/m0/s1. The van der Waals surface area contributed by atoms with Crippen molar-refractivity contribution < 1.29 is 31.5 Å². The molecule has 174 valence electrons. The van der Waals surface area contributed by atoms with E-state index in [1.54, 1.807) is 11.8 Å². The Hall–Kier alpha value is -2.23. The Balaban J connectivity index is 1.78. The molecule has 0 saturated carbocycles. The van der Waals surface area contributed by atoms with Gasteiger partial charge in [-0.05, 0) is 43.4 Å². The molecule has 0 spiro atoms. The summed E-state index contributed by atoms with van der Waals surface area (Å²) in [6.45, 7) is 3.63. The van der Waals surface area contributed by atoms with Gasteiger partial charge in [0, 0.05) is 19.5 Å². The summed E-state index contributed by atoms with van der Waals surface area (Å²) < 4.78 is 56.8. The minimum Gasteiger partial charge on any atom is -0.487 e. The monoisotopic (exact) mass is 460 g/mol. The molecule has 1 fully saturated rings. The molecule has 1 aromatic carbocycles. The van der Waals surface area contributed by atoms with Crippen LogP contribution >= 0.6 is 0 Å². The number of hydrogen-bond acceptors (Lipinski definition) is 5. The van der Waals surface area contributed by atoms with Crippen LogP contribution in [0.5, 0.6) is 5.75 Å². The molecule has 0 aromatic heterocycles. The molecule has 10 heteroatoms. The SMILES string of the molecule is CC(F)COc1cc([C@@H](C)CS(=O)(=O)CCCCCN2CCC(=O)NC2=O)ccc1F. The van der Waals surface area contributed by atoms with Crippen LogP contribution in [0.1, 0.15) is 51.0 Å². The number of sulfone groups is 1. The van der Waals surface area contributed by atoms with Crippen LogP contribution < -0.4 is 10.1 Å². The van der Waals surface area contributed by atoms with Crippen LogP contribution in [0.15, 0.2) is 18.2 Å². The summed E-state index contributed by atoms with van der Waals surface area (Å²) in [6, 6.07) is 3.73. The average Bonchev–Trinajstić information content (AvgIpc) is 2.68. The third-order valence-electron chi connectivity index (χ3n) is 5.02. The molecule has 0 radical (unpaired) electrons. The molecule has 0 bridgehead atoms. The Labute approximate surface area is 182 Å². The zero-order chi connectivity index (χ0) is 23.0. The maximum Gasteiger partial charge on any atom is 0.324 e. The van der Waals surface area contributed by atoms with Crippen LogP contribution in [-0.4, -0.2) is 62.6 Å². The highest BCUT2D eigenvalue weighted by Gasteiger charge is 2.22. The number of rotatable bonds is 12. The fourth-order valence-electron chi connectivity index (χ4n) is 3.32. The first-order valence-electron chi connectivity index (χ1n) is 10.4. The summed E-state index contributed by atoms with van der Waals surface area (Å²) in [7, 11) is -3.33. The number of alkyl halides is 1. The molecule has 1 heterocycles. The van der Waals surface area contributed by atoms with E-state index in [9.17, 15) is 26.8 Å². The van der Waals surface area contributed by atoms with Crippen LogP contribution in [0, 0.1) is 5.82 Å². The molecule has 31 heavy (non-hydrogen) atoms. The summed E-state index contributed by atoms with van der Waals surface area (Å²) in [4.78, 5) is 24.3. The van der Waals surface area contributed by atoms with E-state index in [2.05, 4.69) is 5.32 Å². The number of ether oxygens (including phenoxy) is 1. The fraction of sp³-hybridized carbons (Fsp3) is 0.619. The van der Waals surface area contributed by atoms with E-state index in [1.165, 1.54) is 25.1 Å². The molecular formula is C21H30F2N2O5S. The fourth-order valence-corrected chi connectivity index (χ4v) is 5.08. The van der Waals surface area contributed by atoms with Crippen LogP contribution in [0.4, 0.5) is 13.6 Å². The third kappa shape index (κ3) is 8.43. The van der Waals surface area contributed by atoms with Gasteiger partial charge >= 0.3 is 6.03 Å². The van der Waals surface area contributed by atoms with Crippen molar-refractivity contribution in [3.8, 4) is 5.75 Å². The number of unbranched alkanes of at least 4 members (excludes halogenated alkanes) is 2. The van der Waals surface area contributed by atoms with E-state index in [-0.39, 0.29) is 42.1 Å². The van der Waals surface area contributed by atoms with Gasteiger partial charge in [-0.2, -0.15) is 0 Å². The number of carbonyl (C=O) groups excluding carboxylic acids is 2. The predicted octanol–water partition coefficient (Wildman–Crippen LogP) is 3.19. The summed E-state index contributed by atoms with van der Waals surface area (Å²) in [6.07, 6.45) is 0.795. The quantitative estimate of drug-likeness (QED) is 0.484. The molecule has 1 aliphatic rings. The largest absolute Gasteiger partial charge is 0.487 e. The number of imide groups is 1. The lowest BCUT2D eigenvalue weighted by molar-refractivity contribution is -0.121. The van der Waals surface area contributed by atoms with Gasteiger partial charge in [-0.1, -0.05) is 19.4 Å². The van der Waals surface area contributed by atoms with Gasteiger partial charge in [0.15, 0.2) is 21.4 Å². The van der Waals surface area contributed by atoms with E-state index in [4.69, 9.17) is 4.74 Å². The molecule has 3 amide bonds. The van der Waals surface area contributed by atoms with E-state index >= 15 is 0 Å². The molecule has 1 N–H and O–H groups in total. The van der Waals surface area contributed by atoms with Crippen molar-refractivity contribution in [1.29, 1.82) is 0 Å². The summed E-state index contributed by atoms with van der Waals surface area (Å²) in [5.74, 6) is -1.43. The second-order valence-electron chi connectivity index (χ2n) is 7.95. The van der Waals surface area contributed by atoms with Gasteiger partial charge in [-0.3, -0.25) is 10.1 Å². The maximum absolute atomic E-state index is 13.8. The van der Waals surface area contributed by atoms with Gasteiger partial charge in [-0.25, -0.2) is 22.0 Å². The Morgan fingerprint density at radius 3 is 2.61 bits per heavy atom. The van der Waals surface area contributed by atoms with E-state index in [0.29, 0.717) is 37.9 Å². The minimum atomic E-state index is -3.33. The Kier molecular flexibility index (Phi) is 9.21. The summed E-state index contributed by atoms with van der Waals surface area (Å²) >= 11 is 0. The van der Waals surface area contributed by atoms with Gasteiger partial charge < -0.3 is 9.64 Å². The van der Waals surface area contributed by atoms with Gasteiger partial charge in [0.05, 0.1) is 11.5 Å². The minimum absolute atomic E-state index is 0.0198. The smallest absolute Gasteiger partial charge is 0.324 e. The van der Waals surface area contributed by atoms with Gasteiger partial charge in [0.1, 0.15) is 12.8 Å². The van der Waals surface area contributed by atoms with Crippen molar-refractivity contribution in [3.05, 3.63) is 29.6 Å². The Morgan fingerprint density at radius 2 is 1.94 bits per heavy atom. The summed E-state index contributed by atoms with van der Waals surface area (Å²) in [5.41, 5.74) is 0.608. The highest BCUT2D eigenvalue weighted by molar-refractivity contribution is 7.91. The molecule has 0 aliphatic carbocycles. The molecule has 1 saturated heterocycles. The van der Waals surface area contributed by atoms with Crippen molar-refractivity contribution in [2.45, 2.75) is 51.6 Å². The zero-order valence-electron chi connectivity index (χ0n) is 17.9. The Morgan fingerprint density at radius 1 is 1.19 bits per heavy atom. The maximum atomic E-state index is 13.8. The predicted molar refractivity (Wildman–Crippen MR) is 113 cm³/mol. The number of halogens is 2. The average molecular weight is 461 g/mol. The van der Waals surface area contributed by atoms with Crippen LogP contribution in [0.3, 0.4) is 0 Å². The van der Waals surface area contributed by atoms with Crippen LogP contribution in [0.25, 0.3) is 0 Å². The third-order valence-corrected chi connectivity index (χ3v) is 6.94. The number of benzene rings is 1. The number of nitrogens with zero attached hydrogens (tertiary/aromatic N) is 1. The van der Waals surface area contributed by atoms with Crippen molar-refractivity contribution in [1.82, 2.24) is 10.2 Å². The number of hydrogen-bond donors (Lipinski definition) is 1. The molecule has 7 nitrogen and oxygen atoms in total. The second-order valence-corrected chi connectivity index (χ2v) is 10.2. The van der Waals surface area contributed by atoms with Gasteiger partial charge in [0.25, 0.3) is 0 Å². The molecule has 2 rings (SSSR count). The van der Waals surface area contributed by atoms with Crippen molar-refractivity contribution >= 4 is 21.8 Å². The molecule has 2 atom stereocenters. The van der Waals surface area contributed by atoms with Crippen molar-refractivity contribution in [2.24, 2.45) is 0 Å². The first kappa shape index (κ1) is 25.0. The van der Waals surface area contributed by atoms with Gasteiger partial charge in [-0.15, -0.1) is 0 Å². The van der Waals surface area contributed by atoms with E-state index in [1.807, 2.05) is 0 Å². The number of nitrogens with one attached hydrogen (secondary N) is 1. The lowest BCUT2D eigenvalue weighted by Crippen LogP contribution is -2.49. The van der Waals surface area contributed by atoms with Gasteiger partial charge in [0.2, 0.25) is 5.91 Å². The van der Waals surface area contributed by atoms with Crippen LogP contribution in [-0.2, 0) is 14.6 Å². The lowest BCUT2D eigenvalue weighted by atomic mass is 10.0. The second kappa shape index (κ2) is 11.4. The Bertz CT molecular complexity index is 877. The van der Waals surface area contributed by atoms with E-state index < -0.39 is 27.9 Å². The number of amides is 3. The topological polar surface area (TPSA) is 92.8 Å². The highest BCUT2D eigenvalue weighted by Crippen LogP contribution is 2.25. The first-order valence-corrected chi connectivity index (χ1v) is 12.2. The molecule has 1 aliphatic heterocycles. The molecule has 1 aromatic rings. The first-order chi connectivity index (χ1) is 14.6.